The standard InChI is InChI=1S/C15H15N3/c1-16-10-12-7-8-18-14(9-12)11-17-15(18)13-5-3-2-4-6-13/h2-9,11,16H,10H2,1H3. The zero-order chi connectivity index (χ0) is 12.4. The van der Waals surface area contributed by atoms with Crippen molar-refractivity contribution >= 4 is 5.52 Å². The van der Waals surface area contributed by atoms with Gasteiger partial charge in [-0.05, 0) is 24.7 Å². The molecule has 0 atom stereocenters. The minimum atomic E-state index is 0.877. The van der Waals surface area contributed by atoms with Crippen LogP contribution in [0.4, 0.5) is 0 Å². The van der Waals surface area contributed by atoms with Crippen molar-refractivity contribution in [3.8, 4) is 11.4 Å². The van der Waals surface area contributed by atoms with Gasteiger partial charge in [0, 0.05) is 18.3 Å². The van der Waals surface area contributed by atoms with E-state index >= 15 is 0 Å². The molecule has 1 aromatic carbocycles. The van der Waals surface area contributed by atoms with Gasteiger partial charge in [0.05, 0.1) is 11.7 Å². The van der Waals surface area contributed by atoms with Crippen molar-refractivity contribution in [3.63, 3.8) is 0 Å². The highest BCUT2D eigenvalue weighted by molar-refractivity contribution is 5.62. The Labute approximate surface area is 106 Å². The average molecular weight is 237 g/mol. The summed E-state index contributed by atoms with van der Waals surface area (Å²) in [5.74, 6) is 0.988. The maximum atomic E-state index is 4.51. The Morgan fingerprint density at radius 1 is 1.17 bits per heavy atom. The fourth-order valence-corrected chi connectivity index (χ4v) is 2.16. The second kappa shape index (κ2) is 4.63. The molecule has 3 rings (SSSR count). The zero-order valence-electron chi connectivity index (χ0n) is 10.3. The van der Waals surface area contributed by atoms with Crippen molar-refractivity contribution in [1.82, 2.24) is 14.7 Å². The van der Waals surface area contributed by atoms with Crippen LogP contribution in [0.5, 0.6) is 0 Å². The first-order valence-electron chi connectivity index (χ1n) is 6.04. The van der Waals surface area contributed by atoms with Crippen LogP contribution in [0.2, 0.25) is 0 Å². The minimum Gasteiger partial charge on any atom is -0.316 e. The molecule has 3 nitrogen and oxygen atoms in total. The Kier molecular flexibility index (Phi) is 2.82. The summed E-state index contributed by atoms with van der Waals surface area (Å²) in [6.45, 7) is 0.877. The average Bonchev–Trinajstić information content (AvgIpc) is 2.83. The first-order chi connectivity index (χ1) is 8.88. The molecular weight excluding hydrogens is 222 g/mol. The maximum absolute atomic E-state index is 4.51. The van der Waals surface area contributed by atoms with Gasteiger partial charge < -0.3 is 5.32 Å². The molecule has 0 aliphatic rings. The molecule has 90 valence electrons. The van der Waals surface area contributed by atoms with E-state index in [4.69, 9.17) is 0 Å². The Balaban J connectivity index is 2.10. The topological polar surface area (TPSA) is 29.3 Å². The Morgan fingerprint density at radius 3 is 2.78 bits per heavy atom. The summed E-state index contributed by atoms with van der Waals surface area (Å²) in [5.41, 5.74) is 3.53. The van der Waals surface area contributed by atoms with Gasteiger partial charge in [-0.25, -0.2) is 4.98 Å². The monoisotopic (exact) mass is 237 g/mol. The highest BCUT2D eigenvalue weighted by Crippen LogP contribution is 2.19. The van der Waals surface area contributed by atoms with Crippen molar-refractivity contribution in [1.29, 1.82) is 0 Å². The Bertz CT molecular complexity index is 656. The van der Waals surface area contributed by atoms with Crippen LogP contribution in [-0.4, -0.2) is 16.4 Å². The summed E-state index contributed by atoms with van der Waals surface area (Å²) in [4.78, 5) is 4.51. The van der Waals surface area contributed by atoms with E-state index in [9.17, 15) is 0 Å². The van der Waals surface area contributed by atoms with E-state index in [2.05, 4.69) is 45.2 Å². The van der Waals surface area contributed by atoms with Gasteiger partial charge in [-0.2, -0.15) is 0 Å². The van der Waals surface area contributed by atoms with Crippen LogP contribution in [0.1, 0.15) is 5.56 Å². The summed E-state index contributed by atoms with van der Waals surface area (Å²) >= 11 is 0. The van der Waals surface area contributed by atoms with Gasteiger partial charge in [0.1, 0.15) is 5.82 Å². The van der Waals surface area contributed by atoms with E-state index < -0.39 is 0 Å². The lowest BCUT2D eigenvalue weighted by Gasteiger charge is -2.04. The molecule has 3 heteroatoms. The first kappa shape index (κ1) is 11.0. The van der Waals surface area contributed by atoms with Gasteiger partial charge in [-0.3, -0.25) is 4.40 Å². The molecule has 0 saturated carbocycles. The van der Waals surface area contributed by atoms with Gasteiger partial charge in [-0.15, -0.1) is 0 Å². The summed E-state index contributed by atoms with van der Waals surface area (Å²) in [5, 5.41) is 3.16. The summed E-state index contributed by atoms with van der Waals surface area (Å²) in [6, 6.07) is 14.5. The molecule has 0 amide bonds. The number of nitrogens with zero attached hydrogens (tertiary/aromatic N) is 2. The highest BCUT2D eigenvalue weighted by Gasteiger charge is 2.05. The lowest BCUT2D eigenvalue weighted by Crippen LogP contribution is -2.05. The van der Waals surface area contributed by atoms with Crippen molar-refractivity contribution in [2.45, 2.75) is 6.54 Å². The summed E-state index contributed by atoms with van der Waals surface area (Å²) < 4.78 is 2.12. The van der Waals surface area contributed by atoms with E-state index in [1.807, 2.05) is 31.4 Å². The second-order valence-corrected chi connectivity index (χ2v) is 4.31. The third kappa shape index (κ3) is 1.89. The van der Waals surface area contributed by atoms with E-state index in [0.29, 0.717) is 0 Å². The zero-order valence-corrected chi connectivity index (χ0v) is 10.3. The fourth-order valence-electron chi connectivity index (χ4n) is 2.16. The molecule has 0 fully saturated rings. The van der Waals surface area contributed by atoms with Gasteiger partial charge in [0.25, 0.3) is 0 Å². The molecule has 2 aromatic heterocycles. The molecule has 0 spiro atoms. The third-order valence-electron chi connectivity index (χ3n) is 3.01. The molecule has 1 N–H and O–H groups in total. The highest BCUT2D eigenvalue weighted by atomic mass is 15.0. The molecule has 0 aliphatic carbocycles. The van der Waals surface area contributed by atoms with Crippen molar-refractivity contribution in [3.05, 3.63) is 60.4 Å². The lowest BCUT2D eigenvalue weighted by atomic mass is 10.2. The van der Waals surface area contributed by atoms with E-state index in [1.54, 1.807) is 0 Å². The van der Waals surface area contributed by atoms with Crippen LogP contribution >= 0.6 is 0 Å². The molecule has 0 aliphatic heterocycles. The second-order valence-electron chi connectivity index (χ2n) is 4.31. The molecule has 3 aromatic rings. The van der Waals surface area contributed by atoms with Gasteiger partial charge in [0.15, 0.2) is 0 Å². The van der Waals surface area contributed by atoms with Gasteiger partial charge in [-0.1, -0.05) is 30.3 Å². The SMILES string of the molecule is CNCc1ccn2c(-c3ccccc3)ncc2c1. The van der Waals surface area contributed by atoms with E-state index in [1.165, 1.54) is 5.56 Å². The smallest absolute Gasteiger partial charge is 0.144 e. The third-order valence-corrected chi connectivity index (χ3v) is 3.01. The predicted octanol–water partition coefficient (Wildman–Crippen LogP) is 2.72. The van der Waals surface area contributed by atoms with Crippen molar-refractivity contribution in [2.24, 2.45) is 0 Å². The van der Waals surface area contributed by atoms with Gasteiger partial charge in [0.2, 0.25) is 0 Å². The summed E-state index contributed by atoms with van der Waals surface area (Å²) in [6.07, 6.45) is 4.00. The molecular formula is C15H15N3. The molecule has 0 bridgehead atoms. The van der Waals surface area contributed by atoms with Crippen LogP contribution in [0.3, 0.4) is 0 Å². The van der Waals surface area contributed by atoms with Crippen LogP contribution in [0.15, 0.2) is 54.9 Å². The maximum Gasteiger partial charge on any atom is 0.144 e. The first-order valence-corrected chi connectivity index (χ1v) is 6.04. The number of rotatable bonds is 3. The largest absolute Gasteiger partial charge is 0.316 e. The Morgan fingerprint density at radius 2 is 2.00 bits per heavy atom. The Hall–Kier alpha value is -2.13. The van der Waals surface area contributed by atoms with Gasteiger partial charge >= 0.3 is 0 Å². The normalized spacial score (nSPS) is 10.9. The van der Waals surface area contributed by atoms with Crippen molar-refractivity contribution < 1.29 is 0 Å². The molecule has 0 unspecified atom stereocenters. The van der Waals surface area contributed by atoms with Crippen LogP contribution in [-0.2, 0) is 6.54 Å². The number of fused-ring (bicyclic) bond motifs is 1. The minimum absolute atomic E-state index is 0.877. The predicted molar refractivity (Wildman–Crippen MR) is 73.4 cm³/mol. The van der Waals surface area contributed by atoms with Crippen LogP contribution in [0, 0.1) is 0 Å². The van der Waals surface area contributed by atoms with E-state index in [0.717, 1.165) is 23.4 Å². The molecule has 0 radical (unpaired) electrons. The van der Waals surface area contributed by atoms with Crippen LogP contribution in [0.25, 0.3) is 16.9 Å². The van der Waals surface area contributed by atoms with Crippen LogP contribution < -0.4 is 5.32 Å². The molecule has 2 heterocycles. The number of nitrogens with one attached hydrogen (secondary N) is 1. The number of pyridine rings is 1. The van der Waals surface area contributed by atoms with E-state index in [-0.39, 0.29) is 0 Å². The number of aromatic nitrogens is 2. The number of hydrogen-bond donors (Lipinski definition) is 1. The summed E-state index contributed by atoms with van der Waals surface area (Å²) in [7, 11) is 1.95. The quantitative estimate of drug-likeness (QED) is 0.759. The lowest BCUT2D eigenvalue weighted by molar-refractivity contribution is 0.816. The number of hydrogen-bond acceptors (Lipinski definition) is 2. The number of benzene rings is 1. The number of imidazole rings is 1. The van der Waals surface area contributed by atoms with Crippen molar-refractivity contribution in [2.75, 3.05) is 7.05 Å². The molecule has 18 heavy (non-hydrogen) atoms. The molecule has 0 saturated heterocycles. The fraction of sp³-hybridized carbons (Fsp3) is 0.133.